The SMILES string of the molecule is Cc1cc(C)n2nc(SCC(=O)c3cc(C)n(CCc4cccs4)c3C)nc2n1. The van der Waals surface area contributed by atoms with Gasteiger partial charge < -0.3 is 4.57 Å². The van der Waals surface area contributed by atoms with Gasteiger partial charge in [-0.2, -0.15) is 4.98 Å². The van der Waals surface area contributed by atoms with E-state index in [1.807, 2.05) is 32.9 Å². The van der Waals surface area contributed by atoms with E-state index < -0.39 is 0 Å². The van der Waals surface area contributed by atoms with Crippen LogP contribution in [0.2, 0.25) is 0 Å². The summed E-state index contributed by atoms with van der Waals surface area (Å²) in [6, 6.07) is 8.19. The Kier molecular flexibility index (Phi) is 5.56. The highest BCUT2D eigenvalue weighted by Crippen LogP contribution is 2.22. The highest BCUT2D eigenvalue weighted by atomic mass is 32.2. The van der Waals surface area contributed by atoms with Crippen LogP contribution in [0, 0.1) is 27.7 Å². The summed E-state index contributed by atoms with van der Waals surface area (Å²) < 4.78 is 3.95. The van der Waals surface area contributed by atoms with Crippen LogP contribution in [0.3, 0.4) is 0 Å². The predicted molar refractivity (Wildman–Crippen MR) is 117 cm³/mol. The molecule has 0 bridgehead atoms. The molecule has 4 aromatic rings. The lowest BCUT2D eigenvalue weighted by atomic mass is 10.2. The molecule has 0 unspecified atom stereocenters. The first-order valence-electron chi connectivity index (χ1n) is 9.48. The van der Waals surface area contributed by atoms with Gasteiger partial charge in [0, 0.05) is 39.8 Å². The largest absolute Gasteiger partial charge is 0.348 e. The number of thioether (sulfide) groups is 1. The Morgan fingerprint density at radius 2 is 1.97 bits per heavy atom. The zero-order valence-corrected chi connectivity index (χ0v) is 18.6. The van der Waals surface area contributed by atoms with E-state index in [0.29, 0.717) is 16.7 Å². The Morgan fingerprint density at radius 3 is 2.72 bits per heavy atom. The lowest BCUT2D eigenvalue weighted by molar-refractivity contribution is 0.102. The zero-order chi connectivity index (χ0) is 20.5. The molecule has 0 N–H and O–H groups in total. The van der Waals surface area contributed by atoms with Crippen LogP contribution < -0.4 is 0 Å². The summed E-state index contributed by atoms with van der Waals surface area (Å²) in [5.41, 5.74) is 4.82. The summed E-state index contributed by atoms with van der Waals surface area (Å²) in [4.78, 5) is 23.1. The molecule has 0 saturated carbocycles. The van der Waals surface area contributed by atoms with Gasteiger partial charge in [-0.05, 0) is 57.7 Å². The number of aromatic nitrogens is 5. The van der Waals surface area contributed by atoms with Gasteiger partial charge in [0.25, 0.3) is 5.78 Å². The van der Waals surface area contributed by atoms with Gasteiger partial charge in [0.15, 0.2) is 5.78 Å². The minimum absolute atomic E-state index is 0.102. The zero-order valence-electron chi connectivity index (χ0n) is 17.0. The van der Waals surface area contributed by atoms with Gasteiger partial charge >= 0.3 is 0 Å². The molecule has 0 atom stereocenters. The van der Waals surface area contributed by atoms with Crippen LogP contribution in [-0.2, 0) is 13.0 Å². The average molecular weight is 426 g/mol. The van der Waals surface area contributed by atoms with Crippen molar-refractivity contribution in [2.75, 3.05) is 5.75 Å². The summed E-state index contributed by atoms with van der Waals surface area (Å²) in [5.74, 6) is 0.985. The lowest BCUT2D eigenvalue weighted by Gasteiger charge is -2.09. The fourth-order valence-electron chi connectivity index (χ4n) is 3.52. The number of hydrogen-bond acceptors (Lipinski definition) is 6. The minimum Gasteiger partial charge on any atom is -0.348 e. The van der Waals surface area contributed by atoms with E-state index in [0.717, 1.165) is 41.3 Å². The normalized spacial score (nSPS) is 11.4. The Bertz CT molecular complexity index is 1170. The number of fused-ring (bicyclic) bond motifs is 1. The molecule has 0 fully saturated rings. The maximum atomic E-state index is 12.9. The topological polar surface area (TPSA) is 65.1 Å². The molecular formula is C21H23N5OS2. The number of carbonyl (C=O) groups excluding carboxylic acids is 1. The van der Waals surface area contributed by atoms with Crippen LogP contribution in [0.25, 0.3) is 5.78 Å². The maximum Gasteiger partial charge on any atom is 0.253 e. The summed E-state index contributed by atoms with van der Waals surface area (Å²) in [6.45, 7) is 8.88. The Labute approximate surface area is 178 Å². The van der Waals surface area contributed by atoms with E-state index in [2.05, 4.69) is 44.1 Å². The number of carbonyl (C=O) groups is 1. The van der Waals surface area contributed by atoms with E-state index in [1.165, 1.54) is 16.6 Å². The number of nitrogens with zero attached hydrogens (tertiary/aromatic N) is 5. The Morgan fingerprint density at radius 1 is 1.14 bits per heavy atom. The van der Waals surface area contributed by atoms with Crippen molar-refractivity contribution in [1.29, 1.82) is 0 Å². The van der Waals surface area contributed by atoms with Crippen LogP contribution in [0.15, 0.2) is 34.8 Å². The van der Waals surface area contributed by atoms with Crippen molar-refractivity contribution in [2.24, 2.45) is 0 Å². The van der Waals surface area contributed by atoms with Gasteiger partial charge in [0.2, 0.25) is 5.16 Å². The molecule has 0 aliphatic rings. The first-order valence-corrected chi connectivity index (χ1v) is 11.3. The van der Waals surface area contributed by atoms with Crippen molar-refractivity contribution < 1.29 is 4.79 Å². The van der Waals surface area contributed by atoms with Crippen molar-refractivity contribution >= 4 is 34.7 Å². The molecule has 150 valence electrons. The lowest BCUT2D eigenvalue weighted by Crippen LogP contribution is -2.08. The standard InChI is InChI=1S/C21H23N5OS2/c1-13-10-15(3)26-20(22-13)23-21(24-26)29-12-19(27)18-11-14(2)25(16(18)4)8-7-17-6-5-9-28-17/h5-6,9-11H,7-8,12H2,1-4H3. The second-order valence-electron chi connectivity index (χ2n) is 7.12. The van der Waals surface area contributed by atoms with Crippen molar-refractivity contribution in [3.63, 3.8) is 0 Å². The van der Waals surface area contributed by atoms with Gasteiger partial charge in [-0.25, -0.2) is 9.50 Å². The van der Waals surface area contributed by atoms with E-state index in [4.69, 9.17) is 0 Å². The third-order valence-electron chi connectivity index (χ3n) is 4.97. The fraction of sp³-hybridized carbons (Fsp3) is 0.333. The number of Topliss-reactive ketones (excluding diaryl/α,β-unsaturated/α-hetero) is 1. The first kappa shape index (κ1) is 19.8. The van der Waals surface area contributed by atoms with Crippen LogP contribution >= 0.6 is 23.1 Å². The molecule has 4 heterocycles. The monoisotopic (exact) mass is 425 g/mol. The smallest absolute Gasteiger partial charge is 0.253 e. The third-order valence-corrected chi connectivity index (χ3v) is 6.74. The molecule has 29 heavy (non-hydrogen) atoms. The van der Waals surface area contributed by atoms with Gasteiger partial charge in [0.05, 0.1) is 5.75 Å². The van der Waals surface area contributed by atoms with Crippen molar-refractivity contribution in [3.05, 3.63) is 62.9 Å². The number of hydrogen-bond donors (Lipinski definition) is 0. The summed E-state index contributed by atoms with van der Waals surface area (Å²) in [7, 11) is 0. The molecular weight excluding hydrogens is 402 g/mol. The van der Waals surface area contributed by atoms with Crippen molar-refractivity contribution in [1.82, 2.24) is 24.1 Å². The summed E-state index contributed by atoms with van der Waals surface area (Å²) in [6.07, 6.45) is 0.980. The number of thiophene rings is 1. The summed E-state index contributed by atoms with van der Waals surface area (Å²) in [5, 5.41) is 7.15. The molecule has 0 aliphatic carbocycles. The second-order valence-corrected chi connectivity index (χ2v) is 9.10. The molecule has 0 aliphatic heterocycles. The molecule has 6 nitrogen and oxygen atoms in total. The average Bonchev–Trinajstić information content (AvgIpc) is 3.38. The fourth-order valence-corrected chi connectivity index (χ4v) is 4.92. The first-order chi connectivity index (χ1) is 13.9. The molecule has 0 radical (unpaired) electrons. The second kappa shape index (κ2) is 8.12. The molecule has 4 rings (SSSR count). The predicted octanol–water partition coefficient (Wildman–Crippen LogP) is 4.44. The summed E-state index contributed by atoms with van der Waals surface area (Å²) >= 11 is 3.13. The number of aryl methyl sites for hydroxylation is 4. The minimum atomic E-state index is 0.102. The maximum absolute atomic E-state index is 12.9. The van der Waals surface area contributed by atoms with Crippen LogP contribution in [0.1, 0.15) is 38.0 Å². The quantitative estimate of drug-likeness (QED) is 0.324. The van der Waals surface area contributed by atoms with E-state index in [9.17, 15) is 4.79 Å². The molecule has 0 spiro atoms. The number of rotatable bonds is 7. The van der Waals surface area contributed by atoms with Gasteiger partial charge in [0.1, 0.15) is 0 Å². The van der Waals surface area contributed by atoms with Crippen LogP contribution in [0.4, 0.5) is 0 Å². The van der Waals surface area contributed by atoms with Crippen molar-refractivity contribution in [2.45, 2.75) is 45.8 Å². The number of ketones is 1. The molecule has 0 amide bonds. The van der Waals surface area contributed by atoms with E-state index in [-0.39, 0.29) is 5.78 Å². The molecule has 8 heteroatoms. The van der Waals surface area contributed by atoms with Crippen LogP contribution in [-0.4, -0.2) is 35.7 Å². The molecule has 0 saturated heterocycles. The van der Waals surface area contributed by atoms with Gasteiger partial charge in [-0.15, -0.1) is 16.4 Å². The molecule has 4 aromatic heterocycles. The van der Waals surface area contributed by atoms with E-state index >= 15 is 0 Å². The van der Waals surface area contributed by atoms with Gasteiger partial charge in [-0.1, -0.05) is 17.8 Å². The third kappa shape index (κ3) is 4.13. The van der Waals surface area contributed by atoms with Crippen molar-refractivity contribution in [3.8, 4) is 0 Å². The molecule has 0 aromatic carbocycles. The Hall–Kier alpha value is -2.45. The highest BCUT2D eigenvalue weighted by Gasteiger charge is 2.17. The van der Waals surface area contributed by atoms with E-state index in [1.54, 1.807) is 15.9 Å². The highest BCUT2D eigenvalue weighted by molar-refractivity contribution is 7.99. The Balaban J connectivity index is 1.46. The van der Waals surface area contributed by atoms with Crippen LogP contribution in [0.5, 0.6) is 0 Å². The van der Waals surface area contributed by atoms with Gasteiger partial charge in [-0.3, -0.25) is 4.79 Å².